The lowest BCUT2D eigenvalue weighted by molar-refractivity contribution is 0.252. The zero-order valence-corrected chi connectivity index (χ0v) is 19.6. The van der Waals surface area contributed by atoms with Crippen LogP contribution in [0.2, 0.25) is 0 Å². The Hall–Kier alpha value is -3.50. The summed E-state index contributed by atoms with van der Waals surface area (Å²) < 4.78 is 40.3. The molecule has 1 aromatic carbocycles. The normalized spacial score (nSPS) is 15.2. The van der Waals surface area contributed by atoms with Crippen LogP contribution in [0.4, 0.5) is 5.95 Å². The molecule has 3 aromatic heterocycles. The summed E-state index contributed by atoms with van der Waals surface area (Å²) in [6, 6.07) is 14.0. The van der Waals surface area contributed by atoms with Gasteiger partial charge in [0.25, 0.3) is 0 Å². The van der Waals surface area contributed by atoms with Crippen molar-refractivity contribution in [2.75, 3.05) is 25.1 Å². The first kappa shape index (κ1) is 22.3. The van der Waals surface area contributed by atoms with Gasteiger partial charge in [0.1, 0.15) is 10.7 Å². The van der Waals surface area contributed by atoms with Crippen LogP contribution >= 0.6 is 0 Å². The maximum atomic E-state index is 14.0. The second-order valence-corrected chi connectivity index (χ2v) is 9.94. The summed E-state index contributed by atoms with van der Waals surface area (Å²) in [5.74, 6) is 1.67. The van der Waals surface area contributed by atoms with Gasteiger partial charge in [0.15, 0.2) is 0 Å². The molecule has 0 saturated carbocycles. The van der Waals surface area contributed by atoms with Crippen molar-refractivity contribution in [2.45, 2.75) is 30.3 Å². The highest BCUT2D eigenvalue weighted by Crippen LogP contribution is 2.30. The van der Waals surface area contributed by atoms with Crippen molar-refractivity contribution in [1.29, 1.82) is 0 Å². The van der Waals surface area contributed by atoms with Gasteiger partial charge in [-0.3, -0.25) is 4.98 Å². The monoisotopic (exact) mass is 479 g/mol. The van der Waals surface area contributed by atoms with Crippen molar-refractivity contribution >= 4 is 26.9 Å². The van der Waals surface area contributed by atoms with E-state index in [0.29, 0.717) is 49.0 Å². The third kappa shape index (κ3) is 4.34. The molecule has 1 saturated heterocycles. The summed E-state index contributed by atoms with van der Waals surface area (Å²) in [7, 11) is -2.29. The maximum absolute atomic E-state index is 14.0. The molecule has 0 radical (unpaired) electrons. The molecule has 4 aromatic rings. The van der Waals surface area contributed by atoms with E-state index < -0.39 is 10.0 Å². The SMILES string of the molecule is COc1ccnc(N2CCC(N(Cc3ccco3)S(=O)(=O)c3cccc4cccnc34)CC2)n1. The number of rotatable bonds is 7. The average Bonchev–Trinajstić information content (AvgIpc) is 3.40. The van der Waals surface area contributed by atoms with Gasteiger partial charge in [-0.05, 0) is 37.1 Å². The van der Waals surface area contributed by atoms with Gasteiger partial charge in [-0.25, -0.2) is 13.4 Å². The van der Waals surface area contributed by atoms with E-state index >= 15 is 0 Å². The smallest absolute Gasteiger partial charge is 0.245 e. The van der Waals surface area contributed by atoms with E-state index in [1.807, 2.05) is 12.1 Å². The molecule has 0 bridgehead atoms. The Balaban J connectivity index is 1.45. The molecule has 0 atom stereocenters. The number of piperidine rings is 1. The molecule has 5 rings (SSSR count). The fourth-order valence-corrected chi connectivity index (χ4v) is 6.15. The van der Waals surface area contributed by atoms with E-state index in [1.54, 1.807) is 66.5 Å². The van der Waals surface area contributed by atoms with Crippen LogP contribution in [-0.2, 0) is 16.6 Å². The summed E-state index contributed by atoms with van der Waals surface area (Å²) in [5.41, 5.74) is 0.469. The molecule has 1 aliphatic heterocycles. The molecule has 176 valence electrons. The Morgan fingerprint density at radius 2 is 1.88 bits per heavy atom. The number of pyridine rings is 1. The Kier molecular flexibility index (Phi) is 6.16. The van der Waals surface area contributed by atoms with Crippen LogP contribution in [0.3, 0.4) is 0 Å². The van der Waals surface area contributed by atoms with Crippen LogP contribution in [-0.4, -0.2) is 53.9 Å². The number of methoxy groups -OCH3 is 1. The third-order valence-corrected chi connectivity index (χ3v) is 7.99. The number of hydrogen-bond acceptors (Lipinski definition) is 8. The Bertz CT molecular complexity index is 1360. The molecular weight excluding hydrogens is 454 g/mol. The van der Waals surface area contributed by atoms with E-state index in [-0.39, 0.29) is 17.5 Å². The highest BCUT2D eigenvalue weighted by Gasteiger charge is 2.36. The molecule has 0 N–H and O–H groups in total. The number of furan rings is 1. The predicted molar refractivity (Wildman–Crippen MR) is 127 cm³/mol. The fourth-order valence-electron chi connectivity index (χ4n) is 4.33. The van der Waals surface area contributed by atoms with Gasteiger partial charge in [-0.15, -0.1) is 0 Å². The van der Waals surface area contributed by atoms with Gasteiger partial charge in [0, 0.05) is 43.0 Å². The lowest BCUT2D eigenvalue weighted by Crippen LogP contribution is -2.47. The van der Waals surface area contributed by atoms with E-state index in [9.17, 15) is 8.42 Å². The molecule has 1 fully saturated rings. The van der Waals surface area contributed by atoms with E-state index in [2.05, 4.69) is 19.9 Å². The highest BCUT2D eigenvalue weighted by atomic mass is 32.2. The minimum Gasteiger partial charge on any atom is -0.481 e. The molecular formula is C24H25N5O4S. The fraction of sp³-hybridized carbons (Fsp3) is 0.292. The van der Waals surface area contributed by atoms with Gasteiger partial charge in [-0.2, -0.15) is 9.29 Å². The van der Waals surface area contributed by atoms with Gasteiger partial charge in [-0.1, -0.05) is 18.2 Å². The van der Waals surface area contributed by atoms with E-state index in [0.717, 1.165) is 5.39 Å². The first-order valence-corrected chi connectivity index (χ1v) is 12.5. The largest absolute Gasteiger partial charge is 0.481 e. The first-order valence-electron chi connectivity index (χ1n) is 11.1. The molecule has 0 amide bonds. The maximum Gasteiger partial charge on any atom is 0.245 e. The number of nitrogens with zero attached hydrogens (tertiary/aromatic N) is 5. The number of anilines is 1. The van der Waals surface area contributed by atoms with Gasteiger partial charge in [0.05, 0.1) is 25.4 Å². The van der Waals surface area contributed by atoms with E-state index in [4.69, 9.17) is 9.15 Å². The summed E-state index contributed by atoms with van der Waals surface area (Å²) in [4.78, 5) is 15.4. The van der Waals surface area contributed by atoms with Crippen molar-refractivity contribution in [3.05, 3.63) is 72.9 Å². The zero-order valence-electron chi connectivity index (χ0n) is 18.7. The molecule has 0 unspecified atom stereocenters. The minimum absolute atomic E-state index is 0.152. The highest BCUT2D eigenvalue weighted by molar-refractivity contribution is 7.89. The number of benzene rings is 1. The first-order chi connectivity index (χ1) is 16.6. The van der Waals surface area contributed by atoms with Gasteiger partial charge < -0.3 is 14.1 Å². The van der Waals surface area contributed by atoms with E-state index in [1.165, 1.54) is 0 Å². The van der Waals surface area contributed by atoms with Crippen LogP contribution in [0, 0.1) is 0 Å². The Labute approximate surface area is 198 Å². The van der Waals surface area contributed by atoms with Crippen molar-refractivity contribution < 1.29 is 17.6 Å². The molecule has 4 heterocycles. The molecule has 10 heteroatoms. The Morgan fingerprint density at radius 3 is 2.65 bits per heavy atom. The van der Waals surface area contributed by atoms with Crippen molar-refractivity contribution in [3.63, 3.8) is 0 Å². The number of fused-ring (bicyclic) bond motifs is 1. The number of aromatic nitrogens is 3. The second-order valence-electron chi connectivity index (χ2n) is 8.08. The number of ether oxygens (including phenoxy) is 1. The minimum atomic E-state index is -3.86. The summed E-state index contributed by atoms with van der Waals surface area (Å²) >= 11 is 0. The third-order valence-electron chi connectivity index (χ3n) is 6.06. The van der Waals surface area contributed by atoms with Crippen molar-refractivity contribution in [3.8, 4) is 5.88 Å². The van der Waals surface area contributed by atoms with Crippen LogP contribution in [0.25, 0.3) is 10.9 Å². The lowest BCUT2D eigenvalue weighted by Gasteiger charge is -2.37. The molecule has 9 nitrogen and oxygen atoms in total. The van der Waals surface area contributed by atoms with Gasteiger partial charge >= 0.3 is 0 Å². The number of sulfonamides is 1. The summed E-state index contributed by atoms with van der Waals surface area (Å²) in [6.07, 6.45) is 6.08. The van der Waals surface area contributed by atoms with Crippen molar-refractivity contribution in [2.24, 2.45) is 0 Å². The lowest BCUT2D eigenvalue weighted by atomic mass is 10.1. The van der Waals surface area contributed by atoms with Crippen LogP contribution in [0.5, 0.6) is 5.88 Å². The molecule has 34 heavy (non-hydrogen) atoms. The van der Waals surface area contributed by atoms with Gasteiger partial charge in [0.2, 0.25) is 21.9 Å². The number of para-hydroxylation sites is 1. The van der Waals surface area contributed by atoms with Crippen LogP contribution < -0.4 is 9.64 Å². The standard InChI is InChI=1S/C24H25N5O4S/c1-32-22-9-13-26-24(27-22)28-14-10-19(11-15-28)29(17-20-7-4-16-33-20)34(30,31)21-8-2-5-18-6-3-12-25-23(18)21/h2-9,12-13,16,19H,10-11,14-15,17H2,1H3. The topological polar surface area (TPSA) is 102 Å². The van der Waals surface area contributed by atoms with Crippen LogP contribution in [0.15, 0.2) is 76.5 Å². The quantitative estimate of drug-likeness (QED) is 0.397. The summed E-state index contributed by atoms with van der Waals surface area (Å²) in [6.45, 7) is 1.39. The summed E-state index contributed by atoms with van der Waals surface area (Å²) in [5, 5.41) is 0.784. The average molecular weight is 480 g/mol. The predicted octanol–water partition coefficient (Wildman–Crippen LogP) is 3.49. The molecule has 0 spiro atoms. The van der Waals surface area contributed by atoms with Crippen LogP contribution in [0.1, 0.15) is 18.6 Å². The molecule has 1 aliphatic rings. The number of hydrogen-bond donors (Lipinski definition) is 0. The second kappa shape index (κ2) is 9.40. The van der Waals surface area contributed by atoms with Crippen molar-refractivity contribution in [1.82, 2.24) is 19.3 Å². The Morgan fingerprint density at radius 1 is 1.06 bits per heavy atom. The molecule has 0 aliphatic carbocycles. The zero-order chi connectivity index (χ0) is 23.5.